The molecule has 154 valence electrons. The highest BCUT2D eigenvalue weighted by Crippen LogP contribution is 2.43. The summed E-state index contributed by atoms with van der Waals surface area (Å²) in [7, 11) is 0. The van der Waals surface area contributed by atoms with E-state index in [4.69, 9.17) is 4.74 Å². The molecule has 1 amide bonds. The van der Waals surface area contributed by atoms with Gasteiger partial charge < -0.3 is 10.1 Å². The Kier molecular flexibility index (Phi) is 5.59. The molecule has 0 saturated heterocycles. The molecule has 0 saturated carbocycles. The van der Waals surface area contributed by atoms with E-state index < -0.39 is 0 Å². The van der Waals surface area contributed by atoms with Crippen LogP contribution in [-0.2, 0) is 4.79 Å². The predicted molar refractivity (Wildman–Crippen MR) is 118 cm³/mol. The Bertz CT molecular complexity index is 1090. The summed E-state index contributed by atoms with van der Waals surface area (Å²) in [6.07, 6.45) is 1.71. The van der Waals surface area contributed by atoms with Gasteiger partial charge in [-0.25, -0.2) is 9.97 Å². The number of hydrogen-bond donors (Lipinski definition) is 1. The molecule has 1 aromatic carbocycles. The predicted octanol–water partition coefficient (Wildman–Crippen LogP) is 3.93. The monoisotopic (exact) mass is 421 g/mol. The SMILES string of the molecule is C=CCOc1ccc([C@@H]2SCC(=O)Nc3c2c(C)nn3-c2nc(C)cc(C)n2)cc1. The minimum absolute atomic E-state index is 0.0490. The maximum Gasteiger partial charge on any atom is 0.252 e. The van der Waals surface area contributed by atoms with E-state index in [0.29, 0.717) is 24.1 Å². The van der Waals surface area contributed by atoms with Crippen LogP contribution >= 0.6 is 11.8 Å². The van der Waals surface area contributed by atoms with Crippen LogP contribution in [0.15, 0.2) is 43.0 Å². The summed E-state index contributed by atoms with van der Waals surface area (Å²) in [6, 6.07) is 9.84. The van der Waals surface area contributed by atoms with Crippen molar-refractivity contribution in [2.75, 3.05) is 17.7 Å². The molecule has 8 heteroatoms. The molecule has 0 radical (unpaired) electrons. The maximum atomic E-state index is 12.5. The highest BCUT2D eigenvalue weighted by Gasteiger charge is 2.31. The number of hydrogen-bond acceptors (Lipinski definition) is 6. The second kappa shape index (κ2) is 8.31. The van der Waals surface area contributed by atoms with Crippen molar-refractivity contribution in [1.29, 1.82) is 0 Å². The normalized spacial score (nSPS) is 15.8. The van der Waals surface area contributed by atoms with Gasteiger partial charge in [0.05, 0.1) is 16.7 Å². The van der Waals surface area contributed by atoms with Gasteiger partial charge in [-0.3, -0.25) is 4.79 Å². The van der Waals surface area contributed by atoms with Crippen molar-refractivity contribution in [2.24, 2.45) is 0 Å². The van der Waals surface area contributed by atoms with Crippen LogP contribution in [0.2, 0.25) is 0 Å². The average Bonchev–Trinajstić information content (AvgIpc) is 2.92. The first-order valence-electron chi connectivity index (χ1n) is 9.63. The Morgan fingerprint density at radius 1 is 1.23 bits per heavy atom. The molecule has 7 nitrogen and oxygen atoms in total. The molecule has 1 atom stereocenters. The second-order valence-corrected chi connectivity index (χ2v) is 8.21. The highest BCUT2D eigenvalue weighted by atomic mass is 32.2. The molecule has 1 aliphatic rings. The minimum Gasteiger partial charge on any atom is -0.490 e. The number of nitrogens with zero attached hydrogens (tertiary/aromatic N) is 4. The Balaban J connectivity index is 1.79. The Labute approximate surface area is 179 Å². The number of aryl methyl sites for hydroxylation is 3. The minimum atomic E-state index is -0.0692. The van der Waals surface area contributed by atoms with Crippen molar-refractivity contribution in [3.8, 4) is 11.7 Å². The van der Waals surface area contributed by atoms with E-state index in [1.807, 2.05) is 51.1 Å². The lowest BCUT2D eigenvalue weighted by molar-refractivity contribution is -0.113. The summed E-state index contributed by atoms with van der Waals surface area (Å²) in [4.78, 5) is 21.5. The Hall–Kier alpha value is -3.13. The van der Waals surface area contributed by atoms with E-state index in [-0.39, 0.29) is 11.2 Å². The van der Waals surface area contributed by atoms with E-state index >= 15 is 0 Å². The molecule has 0 fully saturated rings. The van der Waals surface area contributed by atoms with Crippen LogP contribution in [0.25, 0.3) is 5.95 Å². The number of nitrogens with one attached hydrogen (secondary N) is 1. The molecule has 0 bridgehead atoms. The van der Waals surface area contributed by atoms with Gasteiger partial charge in [-0.05, 0) is 44.5 Å². The number of aromatic nitrogens is 4. The number of rotatable bonds is 5. The summed E-state index contributed by atoms with van der Waals surface area (Å²) < 4.78 is 7.23. The number of carbonyl (C=O) groups is 1. The van der Waals surface area contributed by atoms with E-state index in [2.05, 4.69) is 27.0 Å². The molecule has 0 unspecified atom stereocenters. The third-order valence-electron chi connectivity index (χ3n) is 4.72. The summed E-state index contributed by atoms with van der Waals surface area (Å²) >= 11 is 1.58. The largest absolute Gasteiger partial charge is 0.490 e. The number of carbonyl (C=O) groups excluding carboxylic acids is 1. The molecule has 3 aromatic rings. The average molecular weight is 422 g/mol. The third-order valence-corrected chi connectivity index (χ3v) is 5.99. The summed E-state index contributed by atoms with van der Waals surface area (Å²) in [6.45, 7) is 9.91. The number of benzene rings is 1. The van der Waals surface area contributed by atoms with Gasteiger partial charge in [-0.15, -0.1) is 11.8 Å². The Morgan fingerprint density at radius 2 is 1.93 bits per heavy atom. The quantitative estimate of drug-likeness (QED) is 0.629. The third kappa shape index (κ3) is 3.95. The molecule has 30 heavy (non-hydrogen) atoms. The van der Waals surface area contributed by atoms with Gasteiger partial charge in [0.15, 0.2) is 0 Å². The molecule has 4 rings (SSSR count). The van der Waals surface area contributed by atoms with Crippen LogP contribution in [-0.4, -0.2) is 38.0 Å². The highest BCUT2D eigenvalue weighted by molar-refractivity contribution is 8.00. The number of fused-ring (bicyclic) bond motifs is 1. The fourth-order valence-electron chi connectivity index (χ4n) is 3.49. The van der Waals surface area contributed by atoms with Crippen LogP contribution in [0, 0.1) is 20.8 Å². The van der Waals surface area contributed by atoms with Crippen LogP contribution in [0.3, 0.4) is 0 Å². The van der Waals surface area contributed by atoms with Crippen molar-refractivity contribution in [1.82, 2.24) is 19.7 Å². The van der Waals surface area contributed by atoms with Gasteiger partial charge in [0.1, 0.15) is 18.2 Å². The summed E-state index contributed by atoms with van der Waals surface area (Å²) in [5.41, 5.74) is 4.57. The number of amides is 1. The molecule has 0 aliphatic carbocycles. The van der Waals surface area contributed by atoms with Crippen LogP contribution in [0.5, 0.6) is 5.75 Å². The molecule has 0 spiro atoms. The lowest BCUT2D eigenvalue weighted by Crippen LogP contribution is -2.17. The fraction of sp³-hybridized carbons (Fsp3) is 0.273. The first kappa shape index (κ1) is 20.2. The van der Waals surface area contributed by atoms with Gasteiger partial charge in [0, 0.05) is 17.0 Å². The zero-order chi connectivity index (χ0) is 21.3. The van der Waals surface area contributed by atoms with Crippen LogP contribution in [0.1, 0.15) is 33.5 Å². The van der Waals surface area contributed by atoms with E-state index in [1.54, 1.807) is 22.5 Å². The maximum absolute atomic E-state index is 12.5. The number of ether oxygens (including phenoxy) is 1. The van der Waals surface area contributed by atoms with Crippen molar-refractivity contribution in [3.05, 3.63) is 71.2 Å². The van der Waals surface area contributed by atoms with Crippen molar-refractivity contribution in [2.45, 2.75) is 26.0 Å². The van der Waals surface area contributed by atoms with Crippen LogP contribution in [0.4, 0.5) is 5.82 Å². The van der Waals surface area contributed by atoms with Gasteiger partial charge in [0.25, 0.3) is 5.95 Å². The van der Waals surface area contributed by atoms with Crippen molar-refractivity contribution >= 4 is 23.5 Å². The molecule has 3 heterocycles. The second-order valence-electron chi connectivity index (χ2n) is 7.12. The molecule has 1 aliphatic heterocycles. The van der Waals surface area contributed by atoms with E-state index in [0.717, 1.165) is 34.0 Å². The van der Waals surface area contributed by atoms with Gasteiger partial charge in [0.2, 0.25) is 5.91 Å². The van der Waals surface area contributed by atoms with Crippen molar-refractivity contribution in [3.63, 3.8) is 0 Å². The first-order valence-corrected chi connectivity index (χ1v) is 10.7. The van der Waals surface area contributed by atoms with E-state index in [1.165, 1.54) is 0 Å². The smallest absolute Gasteiger partial charge is 0.252 e. The van der Waals surface area contributed by atoms with Gasteiger partial charge in [-0.2, -0.15) is 9.78 Å². The zero-order valence-corrected chi connectivity index (χ0v) is 18.0. The standard InChI is InChI=1S/C22H23N5O2S/c1-5-10-29-17-8-6-16(7-9-17)20-19-15(4)26-27(21(19)25-18(28)12-30-20)22-23-13(2)11-14(3)24-22/h5-9,11,20H,1,10,12H2,2-4H3,(H,25,28)/t20-/m0/s1. The molecular weight excluding hydrogens is 398 g/mol. The fourth-order valence-corrected chi connectivity index (χ4v) is 4.68. The summed E-state index contributed by atoms with van der Waals surface area (Å²) in [5, 5.41) is 7.65. The lowest BCUT2D eigenvalue weighted by atomic mass is 10.0. The van der Waals surface area contributed by atoms with Crippen LogP contribution < -0.4 is 10.1 Å². The van der Waals surface area contributed by atoms with Crippen molar-refractivity contribution < 1.29 is 9.53 Å². The molecular formula is C22H23N5O2S. The topological polar surface area (TPSA) is 81.9 Å². The number of anilines is 1. The molecule has 2 aromatic heterocycles. The zero-order valence-electron chi connectivity index (χ0n) is 17.2. The van der Waals surface area contributed by atoms with Gasteiger partial charge >= 0.3 is 0 Å². The van der Waals surface area contributed by atoms with E-state index in [9.17, 15) is 4.79 Å². The summed E-state index contributed by atoms with van der Waals surface area (Å²) in [5.74, 6) is 2.14. The van der Waals surface area contributed by atoms with Gasteiger partial charge in [-0.1, -0.05) is 24.8 Å². The Morgan fingerprint density at radius 3 is 2.60 bits per heavy atom. The first-order chi connectivity index (χ1) is 14.5. The lowest BCUT2D eigenvalue weighted by Gasteiger charge is -2.16. The number of thioether (sulfide) groups is 1. The molecule has 1 N–H and O–H groups in total.